The van der Waals surface area contributed by atoms with E-state index < -0.39 is 51.4 Å². The van der Waals surface area contributed by atoms with Crippen LogP contribution in [0.4, 0.5) is 23.7 Å². The molecule has 0 aromatic heterocycles. The first kappa shape index (κ1) is 22.2. The second kappa shape index (κ2) is 8.97. The van der Waals surface area contributed by atoms with Crippen LogP contribution in [0.3, 0.4) is 0 Å². The van der Waals surface area contributed by atoms with Gasteiger partial charge in [0.15, 0.2) is 5.75 Å². The maximum absolute atomic E-state index is 13.4. The molecule has 1 saturated carbocycles. The van der Waals surface area contributed by atoms with E-state index in [1.165, 1.54) is 0 Å². The molecule has 3 amide bonds. The molecule has 0 heterocycles. The van der Waals surface area contributed by atoms with Crippen LogP contribution in [0.25, 0.3) is 0 Å². The minimum Gasteiger partial charge on any atom is -0.499 e. The Bertz CT molecular complexity index is 805. The number of amides is 3. The van der Waals surface area contributed by atoms with E-state index in [0.717, 1.165) is 32.8 Å². The lowest BCUT2D eigenvalue weighted by atomic mass is 10.0. The molecule has 3 N–H and O–H groups in total. The van der Waals surface area contributed by atoms with Crippen molar-refractivity contribution < 1.29 is 37.5 Å². The number of hydrogen-bond donors (Lipinski definition) is 3. The van der Waals surface area contributed by atoms with Crippen molar-refractivity contribution in [3.63, 3.8) is 0 Å². The van der Waals surface area contributed by atoms with Gasteiger partial charge in [0, 0.05) is 6.04 Å². The fourth-order valence-electron chi connectivity index (χ4n) is 3.23. The van der Waals surface area contributed by atoms with Crippen molar-refractivity contribution in [3.05, 3.63) is 27.3 Å². The Hall–Kier alpha value is -3.05. The molecule has 0 aliphatic heterocycles. The molecule has 2 rings (SSSR count). The van der Waals surface area contributed by atoms with Crippen molar-refractivity contribution in [2.75, 3.05) is 7.11 Å². The fourth-order valence-corrected chi connectivity index (χ4v) is 3.23. The predicted molar refractivity (Wildman–Crippen MR) is 93.8 cm³/mol. The van der Waals surface area contributed by atoms with Gasteiger partial charge in [-0.2, -0.15) is 13.2 Å². The molecule has 0 bridgehead atoms. The Kier molecular flexibility index (Phi) is 6.88. The standard InChI is InChI=1S/C17H20F3N3O6/c1-29-11-8-10(17(18,19)20)12(13(14(11)24)23(27)28)15(25)22-16(26)21-9-6-4-2-3-5-7-9/h8-9,24H,2-7H2,1H3,(H2,21,22,25,26). The number of methoxy groups -OCH3 is 1. The first-order valence-corrected chi connectivity index (χ1v) is 8.83. The van der Waals surface area contributed by atoms with Crippen molar-refractivity contribution in [2.24, 2.45) is 0 Å². The van der Waals surface area contributed by atoms with E-state index in [0.29, 0.717) is 12.8 Å². The summed E-state index contributed by atoms with van der Waals surface area (Å²) in [6, 6.07) is -1.06. The number of urea groups is 1. The van der Waals surface area contributed by atoms with Gasteiger partial charge >= 0.3 is 17.9 Å². The van der Waals surface area contributed by atoms with Crippen LogP contribution in [0.5, 0.6) is 11.5 Å². The average Bonchev–Trinajstić information content (AvgIpc) is 2.88. The second-order valence-corrected chi connectivity index (χ2v) is 6.57. The Morgan fingerprint density at radius 1 is 1.24 bits per heavy atom. The lowest BCUT2D eigenvalue weighted by Gasteiger charge is -2.18. The number of carbonyl (C=O) groups is 2. The quantitative estimate of drug-likeness (QED) is 0.389. The van der Waals surface area contributed by atoms with E-state index in [1.807, 2.05) is 0 Å². The molecule has 0 atom stereocenters. The van der Waals surface area contributed by atoms with Gasteiger partial charge in [0.05, 0.1) is 17.6 Å². The molecule has 0 saturated heterocycles. The SMILES string of the molecule is COc1cc(C(F)(F)F)c(C(=O)NC(=O)NC2CCCCCC2)c([N+](=O)[O-])c1O. The van der Waals surface area contributed by atoms with Crippen LogP contribution < -0.4 is 15.4 Å². The van der Waals surface area contributed by atoms with Gasteiger partial charge in [-0.1, -0.05) is 25.7 Å². The molecule has 1 aliphatic carbocycles. The van der Waals surface area contributed by atoms with Crippen LogP contribution in [0, 0.1) is 10.1 Å². The van der Waals surface area contributed by atoms with E-state index in [1.54, 1.807) is 5.32 Å². The van der Waals surface area contributed by atoms with Crippen LogP contribution in [0.15, 0.2) is 6.07 Å². The lowest BCUT2D eigenvalue weighted by Crippen LogP contribution is -2.45. The third-order valence-corrected chi connectivity index (χ3v) is 4.59. The molecule has 0 spiro atoms. The van der Waals surface area contributed by atoms with Gasteiger partial charge in [-0.05, 0) is 18.9 Å². The molecule has 1 aromatic carbocycles. The second-order valence-electron chi connectivity index (χ2n) is 6.57. The largest absolute Gasteiger partial charge is 0.499 e. The van der Waals surface area contributed by atoms with Crippen molar-refractivity contribution in [3.8, 4) is 11.5 Å². The highest BCUT2D eigenvalue weighted by atomic mass is 19.4. The van der Waals surface area contributed by atoms with Crippen molar-refractivity contribution in [1.29, 1.82) is 0 Å². The van der Waals surface area contributed by atoms with Gasteiger partial charge in [-0.15, -0.1) is 0 Å². The molecule has 12 heteroatoms. The number of phenolic OH excluding ortho intramolecular Hbond substituents is 1. The number of carbonyl (C=O) groups excluding carboxylic acids is 2. The number of imide groups is 1. The van der Waals surface area contributed by atoms with Crippen molar-refractivity contribution in [1.82, 2.24) is 10.6 Å². The van der Waals surface area contributed by atoms with Crippen LogP contribution in [0.2, 0.25) is 0 Å². The number of aromatic hydroxyl groups is 1. The zero-order valence-corrected chi connectivity index (χ0v) is 15.5. The molecule has 0 unspecified atom stereocenters. The van der Waals surface area contributed by atoms with Crippen LogP contribution in [-0.4, -0.2) is 35.1 Å². The highest BCUT2D eigenvalue weighted by molar-refractivity contribution is 6.08. The number of halogens is 3. The maximum atomic E-state index is 13.4. The molecule has 1 aromatic rings. The Balaban J connectivity index is 2.38. The number of nitrogens with zero attached hydrogens (tertiary/aromatic N) is 1. The predicted octanol–water partition coefficient (Wildman–Crippen LogP) is 3.49. The first-order chi connectivity index (χ1) is 13.6. The van der Waals surface area contributed by atoms with Gasteiger partial charge in [-0.3, -0.25) is 20.2 Å². The molecule has 1 fully saturated rings. The Morgan fingerprint density at radius 3 is 2.31 bits per heavy atom. The highest BCUT2D eigenvalue weighted by Crippen LogP contribution is 2.45. The summed E-state index contributed by atoms with van der Waals surface area (Å²) in [7, 11) is 0.902. The molecule has 9 nitrogen and oxygen atoms in total. The van der Waals surface area contributed by atoms with Gasteiger partial charge in [0.25, 0.3) is 5.91 Å². The molecule has 160 valence electrons. The molecule has 0 radical (unpaired) electrons. The molecular weight excluding hydrogens is 399 g/mol. The summed E-state index contributed by atoms with van der Waals surface area (Å²) in [5.41, 5.74) is -4.69. The fraction of sp³-hybridized carbons (Fsp3) is 0.529. The van der Waals surface area contributed by atoms with Gasteiger partial charge in [-0.25, -0.2) is 4.79 Å². The molecule has 29 heavy (non-hydrogen) atoms. The third-order valence-electron chi connectivity index (χ3n) is 4.59. The maximum Gasteiger partial charge on any atom is 0.417 e. The zero-order chi connectivity index (χ0) is 21.8. The van der Waals surface area contributed by atoms with E-state index in [9.17, 15) is 38.0 Å². The third kappa shape index (κ3) is 5.27. The minimum absolute atomic E-state index is 0.258. The van der Waals surface area contributed by atoms with E-state index in [-0.39, 0.29) is 12.1 Å². The minimum atomic E-state index is -5.18. The summed E-state index contributed by atoms with van der Waals surface area (Å²) < 4.78 is 44.8. The zero-order valence-electron chi connectivity index (χ0n) is 15.5. The smallest absolute Gasteiger partial charge is 0.417 e. The lowest BCUT2D eigenvalue weighted by molar-refractivity contribution is -0.386. The number of hydrogen-bond acceptors (Lipinski definition) is 6. The normalized spacial score (nSPS) is 15.3. The number of phenols is 1. The highest BCUT2D eigenvalue weighted by Gasteiger charge is 2.43. The summed E-state index contributed by atoms with van der Waals surface area (Å²) in [6.45, 7) is 0. The summed E-state index contributed by atoms with van der Waals surface area (Å²) in [4.78, 5) is 34.4. The first-order valence-electron chi connectivity index (χ1n) is 8.83. The number of nitrogens with one attached hydrogen (secondary N) is 2. The van der Waals surface area contributed by atoms with Crippen LogP contribution in [0.1, 0.15) is 54.4 Å². The number of ether oxygens (including phenoxy) is 1. The van der Waals surface area contributed by atoms with E-state index in [2.05, 4.69) is 10.1 Å². The van der Waals surface area contributed by atoms with Gasteiger partial charge in [0.2, 0.25) is 5.75 Å². The summed E-state index contributed by atoms with van der Waals surface area (Å²) in [5.74, 6) is -3.74. The number of benzene rings is 1. The van der Waals surface area contributed by atoms with E-state index in [4.69, 9.17) is 0 Å². The number of rotatable bonds is 4. The summed E-state index contributed by atoms with van der Waals surface area (Å²) in [5, 5.41) is 25.4. The average molecular weight is 419 g/mol. The molecule has 1 aliphatic rings. The molecular formula is C17H20F3N3O6. The Labute approximate surface area is 163 Å². The van der Waals surface area contributed by atoms with Crippen LogP contribution >= 0.6 is 0 Å². The number of nitro benzene ring substituents is 1. The van der Waals surface area contributed by atoms with Gasteiger partial charge in [0.1, 0.15) is 5.56 Å². The van der Waals surface area contributed by atoms with Crippen LogP contribution in [-0.2, 0) is 6.18 Å². The van der Waals surface area contributed by atoms with E-state index >= 15 is 0 Å². The topological polar surface area (TPSA) is 131 Å². The summed E-state index contributed by atoms with van der Waals surface area (Å²) >= 11 is 0. The Morgan fingerprint density at radius 2 is 1.83 bits per heavy atom. The monoisotopic (exact) mass is 419 g/mol. The van der Waals surface area contributed by atoms with Crippen molar-refractivity contribution >= 4 is 17.6 Å². The van der Waals surface area contributed by atoms with Crippen molar-refractivity contribution in [2.45, 2.75) is 50.7 Å². The summed E-state index contributed by atoms with van der Waals surface area (Å²) in [6.07, 6.45) is -0.187. The van der Waals surface area contributed by atoms with Gasteiger partial charge < -0.3 is 15.2 Å². The number of nitro groups is 1. The number of alkyl halides is 3.